The summed E-state index contributed by atoms with van der Waals surface area (Å²) in [5, 5.41) is 16.3. The van der Waals surface area contributed by atoms with Crippen molar-refractivity contribution in [2.75, 3.05) is 51.6 Å². The van der Waals surface area contributed by atoms with Gasteiger partial charge in [-0.1, -0.05) is 56.0 Å². The number of benzene rings is 3. The van der Waals surface area contributed by atoms with Crippen molar-refractivity contribution in [2.24, 2.45) is 7.05 Å². The number of likely N-dealkylation sites (N-methyl/N-ethyl adjacent to an activating group) is 2. The van der Waals surface area contributed by atoms with Crippen LogP contribution < -0.4 is 15.0 Å². The van der Waals surface area contributed by atoms with Gasteiger partial charge in [0.1, 0.15) is 11.4 Å². The number of aromatic nitrogens is 3. The summed E-state index contributed by atoms with van der Waals surface area (Å²) in [5.74, 6) is 0.752. The monoisotopic (exact) mass is 567 g/mol. The summed E-state index contributed by atoms with van der Waals surface area (Å²) in [6.07, 6.45) is 1.69. The highest BCUT2D eigenvalue weighted by Crippen LogP contribution is 2.41. The SMILES string of the molecule is C.COc1cc(N(C)CCN(C)C)c([N+](=O)[O-])cc1Nc1nccc(-c2c(-c3ccccc3)n(C)c3ccccc23)n1. The minimum Gasteiger partial charge on any atom is -0.494 e. The number of para-hydroxylation sites is 1. The van der Waals surface area contributed by atoms with Gasteiger partial charge in [-0.05, 0) is 31.8 Å². The van der Waals surface area contributed by atoms with Crippen molar-refractivity contribution < 1.29 is 9.66 Å². The van der Waals surface area contributed by atoms with Crippen LogP contribution in [0.2, 0.25) is 0 Å². The lowest BCUT2D eigenvalue weighted by molar-refractivity contribution is -0.384. The van der Waals surface area contributed by atoms with Crippen molar-refractivity contribution in [3.8, 4) is 28.3 Å². The van der Waals surface area contributed by atoms with E-state index in [1.807, 2.05) is 67.3 Å². The van der Waals surface area contributed by atoms with Gasteiger partial charge < -0.3 is 24.4 Å². The molecule has 0 fully saturated rings. The molecule has 2 aromatic heterocycles. The third-order valence-electron chi connectivity index (χ3n) is 7.10. The second-order valence-corrected chi connectivity index (χ2v) is 10.1. The molecule has 0 saturated carbocycles. The molecular weight excluding hydrogens is 530 g/mol. The van der Waals surface area contributed by atoms with Gasteiger partial charge in [-0.25, -0.2) is 9.97 Å². The second kappa shape index (κ2) is 12.7. The smallest absolute Gasteiger partial charge is 0.294 e. The summed E-state index contributed by atoms with van der Waals surface area (Å²) in [7, 11) is 9.35. The predicted molar refractivity (Wildman–Crippen MR) is 171 cm³/mol. The molecule has 10 nitrogen and oxygen atoms in total. The molecule has 2 heterocycles. The van der Waals surface area contributed by atoms with Crippen LogP contribution in [0.1, 0.15) is 7.43 Å². The topological polar surface area (TPSA) is 102 Å². The van der Waals surface area contributed by atoms with Gasteiger partial charge in [0.25, 0.3) is 5.69 Å². The molecule has 10 heteroatoms. The molecule has 0 amide bonds. The first kappa shape index (κ1) is 30.0. The Morgan fingerprint density at radius 2 is 1.71 bits per heavy atom. The van der Waals surface area contributed by atoms with Gasteiger partial charge in [-0.3, -0.25) is 10.1 Å². The Kier molecular flexibility index (Phi) is 9.07. The molecule has 0 aliphatic rings. The van der Waals surface area contributed by atoms with Crippen LogP contribution in [0.25, 0.3) is 33.4 Å². The van der Waals surface area contributed by atoms with Crippen molar-refractivity contribution in [3.63, 3.8) is 0 Å². The van der Waals surface area contributed by atoms with Gasteiger partial charge in [-0.2, -0.15) is 0 Å². The summed E-state index contributed by atoms with van der Waals surface area (Å²) < 4.78 is 7.81. The maximum atomic E-state index is 12.1. The molecule has 218 valence electrons. The molecule has 1 N–H and O–H groups in total. The van der Waals surface area contributed by atoms with E-state index in [4.69, 9.17) is 9.72 Å². The fourth-order valence-corrected chi connectivity index (χ4v) is 5.01. The van der Waals surface area contributed by atoms with E-state index in [0.29, 0.717) is 29.6 Å². The lowest BCUT2D eigenvalue weighted by Gasteiger charge is -2.22. The molecule has 0 atom stereocenters. The number of ether oxygens (including phenoxy) is 1. The predicted octanol–water partition coefficient (Wildman–Crippen LogP) is 6.60. The van der Waals surface area contributed by atoms with Crippen molar-refractivity contribution >= 4 is 33.9 Å². The second-order valence-electron chi connectivity index (χ2n) is 10.1. The zero-order valence-electron chi connectivity index (χ0n) is 23.8. The summed E-state index contributed by atoms with van der Waals surface area (Å²) in [5.41, 5.74) is 5.74. The Balaban J connectivity index is 0.00000405. The van der Waals surface area contributed by atoms with Crippen LogP contribution in [0, 0.1) is 10.1 Å². The van der Waals surface area contributed by atoms with E-state index >= 15 is 0 Å². The fourth-order valence-electron chi connectivity index (χ4n) is 5.01. The number of aryl methyl sites for hydroxylation is 1. The van der Waals surface area contributed by atoms with Gasteiger partial charge in [0, 0.05) is 62.0 Å². The van der Waals surface area contributed by atoms with Gasteiger partial charge >= 0.3 is 0 Å². The normalized spacial score (nSPS) is 10.9. The quantitative estimate of drug-likeness (QED) is 0.149. The number of anilines is 3. The van der Waals surface area contributed by atoms with Gasteiger partial charge in [-0.15, -0.1) is 0 Å². The molecule has 42 heavy (non-hydrogen) atoms. The number of nitro groups is 1. The average Bonchev–Trinajstić information content (AvgIpc) is 3.28. The molecule has 0 radical (unpaired) electrons. The Hall–Kier alpha value is -4.96. The van der Waals surface area contributed by atoms with Crippen LogP contribution in [-0.2, 0) is 7.05 Å². The number of nitrogens with zero attached hydrogens (tertiary/aromatic N) is 6. The zero-order chi connectivity index (χ0) is 29.1. The number of hydrogen-bond donors (Lipinski definition) is 1. The molecular formula is C32H37N7O3. The summed E-state index contributed by atoms with van der Waals surface area (Å²) in [6, 6.07) is 23.4. The van der Waals surface area contributed by atoms with Crippen LogP contribution >= 0.6 is 0 Å². The first-order chi connectivity index (χ1) is 19.8. The maximum Gasteiger partial charge on any atom is 0.294 e. The Labute approximate surface area is 246 Å². The number of methoxy groups -OCH3 is 1. The summed E-state index contributed by atoms with van der Waals surface area (Å²) >= 11 is 0. The molecule has 5 aromatic rings. The highest BCUT2D eigenvalue weighted by atomic mass is 16.6. The highest BCUT2D eigenvalue weighted by molar-refractivity contribution is 6.03. The number of nitrogens with one attached hydrogen (secondary N) is 1. The van der Waals surface area contributed by atoms with E-state index in [1.54, 1.807) is 12.3 Å². The Bertz CT molecular complexity index is 1700. The van der Waals surface area contributed by atoms with Gasteiger partial charge in [0.15, 0.2) is 0 Å². The van der Waals surface area contributed by atoms with E-state index in [1.165, 1.54) is 13.2 Å². The first-order valence-corrected chi connectivity index (χ1v) is 13.2. The third kappa shape index (κ3) is 5.89. The number of fused-ring (bicyclic) bond motifs is 1. The largest absolute Gasteiger partial charge is 0.494 e. The summed E-state index contributed by atoms with van der Waals surface area (Å²) in [6.45, 7) is 1.36. The number of nitro benzene ring substituents is 1. The van der Waals surface area contributed by atoms with E-state index in [9.17, 15) is 10.1 Å². The van der Waals surface area contributed by atoms with Crippen LogP contribution in [-0.4, -0.2) is 65.7 Å². The molecule has 5 rings (SSSR count). The first-order valence-electron chi connectivity index (χ1n) is 13.2. The maximum absolute atomic E-state index is 12.1. The molecule has 0 spiro atoms. The number of hydrogen-bond acceptors (Lipinski definition) is 8. The van der Waals surface area contributed by atoms with Crippen molar-refractivity contribution in [1.82, 2.24) is 19.4 Å². The molecule has 0 unspecified atom stereocenters. The van der Waals surface area contributed by atoms with Crippen molar-refractivity contribution in [3.05, 3.63) is 89.1 Å². The molecule has 3 aromatic carbocycles. The van der Waals surface area contributed by atoms with Crippen LogP contribution in [0.4, 0.5) is 23.0 Å². The van der Waals surface area contributed by atoms with Gasteiger partial charge in [0.05, 0.1) is 29.1 Å². The fraction of sp³-hybridized carbons (Fsp3) is 0.250. The minimum absolute atomic E-state index is 0. The Morgan fingerprint density at radius 1 is 1.00 bits per heavy atom. The number of rotatable bonds is 10. The Morgan fingerprint density at radius 3 is 2.40 bits per heavy atom. The van der Waals surface area contributed by atoms with E-state index in [0.717, 1.165) is 40.0 Å². The molecule has 0 aliphatic carbocycles. The van der Waals surface area contributed by atoms with E-state index < -0.39 is 0 Å². The van der Waals surface area contributed by atoms with Crippen molar-refractivity contribution in [1.29, 1.82) is 0 Å². The minimum atomic E-state index is -0.383. The lowest BCUT2D eigenvalue weighted by Crippen LogP contribution is -2.28. The van der Waals surface area contributed by atoms with E-state index in [-0.39, 0.29) is 18.0 Å². The third-order valence-corrected chi connectivity index (χ3v) is 7.10. The molecule has 0 aliphatic heterocycles. The lowest BCUT2D eigenvalue weighted by atomic mass is 10.0. The van der Waals surface area contributed by atoms with Crippen molar-refractivity contribution in [2.45, 2.75) is 7.43 Å². The van der Waals surface area contributed by atoms with E-state index in [2.05, 4.69) is 46.2 Å². The standard InChI is InChI=1S/C31H33N7O3.CH4/c1-35(2)17-18-36(3)26-20-28(41-5)24(19-27(26)38(39)40)34-31-32-16-15-23(33-31)29-22-13-9-10-14-25(22)37(4)30(29)21-11-7-6-8-12-21;/h6-16,19-20H,17-18H2,1-5H3,(H,32,33,34);1H4. The van der Waals surface area contributed by atoms with Gasteiger partial charge in [0.2, 0.25) is 5.95 Å². The molecule has 0 saturated heterocycles. The van der Waals surface area contributed by atoms with Crippen LogP contribution in [0.15, 0.2) is 79.0 Å². The zero-order valence-corrected chi connectivity index (χ0v) is 23.8. The average molecular weight is 568 g/mol. The summed E-state index contributed by atoms with van der Waals surface area (Å²) in [4.78, 5) is 24.9. The van der Waals surface area contributed by atoms with Crippen LogP contribution in [0.3, 0.4) is 0 Å². The molecule has 0 bridgehead atoms. The van der Waals surface area contributed by atoms with Crippen LogP contribution in [0.5, 0.6) is 5.75 Å². The highest BCUT2D eigenvalue weighted by Gasteiger charge is 2.23.